The lowest BCUT2D eigenvalue weighted by molar-refractivity contribution is 0.275. The van der Waals surface area contributed by atoms with Gasteiger partial charge in [0.25, 0.3) is 0 Å². The van der Waals surface area contributed by atoms with Gasteiger partial charge in [-0.3, -0.25) is 0 Å². The molecule has 0 aliphatic heterocycles. The van der Waals surface area contributed by atoms with Crippen LogP contribution in [0.5, 0.6) is 11.6 Å². The Bertz CT molecular complexity index is 578. The fraction of sp³-hybridized carbons (Fsp3) is 0.0833. The van der Waals surface area contributed by atoms with Gasteiger partial charge in [0, 0.05) is 22.3 Å². The SMILES string of the molecule is OCc1cc(Br)cnc1Oc1ccc(Br)c(F)c1. The number of halogens is 3. The minimum absolute atomic E-state index is 0.208. The zero-order valence-electron chi connectivity index (χ0n) is 9.03. The number of aromatic nitrogens is 1. The first kappa shape index (κ1) is 13.5. The summed E-state index contributed by atoms with van der Waals surface area (Å²) in [7, 11) is 0. The van der Waals surface area contributed by atoms with Gasteiger partial charge < -0.3 is 9.84 Å². The first-order valence-electron chi connectivity index (χ1n) is 4.98. The summed E-state index contributed by atoms with van der Waals surface area (Å²) < 4.78 is 19.9. The van der Waals surface area contributed by atoms with Crippen molar-refractivity contribution in [2.45, 2.75) is 6.61 Å². The third-order valence-corrected chi connectivity index (χ3v) is 3.24. The molecule has 0 bridgehead atoms. The van der Waals surface area contributed by atoms with Crippen LogP contribution in [0.4, 0.5) is 4.39 Å². The topological polar surface area (TPSA) is 42.4 Å². The Hall–Kier alpha value is -0.980. The second kappa shape index (κ2) is 5.77. The lowest BCUT2D eigenvalue weighted by Crippen LogP contribution is -1.95. The highest BCUT2D eigenvalue weighted by atomic mass is 79.9. The van der Waals surface area contributed by atoms with Gasteiger partial charge in [0.15, 0.2) is 0 Å². The van der Waals surface area contributed by atoms with Crippen LogP contribution in [-0.2, 0) is 6.61 Å². The second-order valence-electron chi connectivity index (χ2n) is 3.45. The zero-order valence-corrected chi connectivity index (χ0v) is 12.2. The van der Waals surface area contributed by atoms with Gasteiger partial charge in [0.05, 0.1) is 11.1 Å². The Morgan fingerprint density at radius 3 is 2.72 bits per heavy atom. The molecular formula is C12H8Br2FNO2. The maximum absolute atomic E-state index is 13.3. The molecule has 0 aliphatic rings. The van der Waals surface area contributed by atoms with E-state index in [0.29, 0.717) is 15.8 Å². The highest BCUT2D eigenvalue weighted by Gasteiger charge is 2.08. The molecular weight excluding hydrogens is 369 g/mol. The van der Waals surface area contributed by atoms with E-state index in [4.69, 9.17) is 4.74 Å². The second-order valence-corrected chi connectivity index (χ2v) is 5.22. The Labute approximate surface area is 120 Å². The van der Waals surface area contributed by atoms with Gasteiger partial charge >= 0.3 is 0 Å². The van der Waals surface area contributed by atoms with Gasteiger partial charge in [-0.25, -0.2) is 9.37 Å². The smallest absolute Gasteiger partial charge is 0.224 e. The zero-order chi connectivity index (χ0) is 13.1. The van der Waals surface area contributed by atoms with E-state index in [9.17, 15) is 9.50 Å². The van der Waals surface area contributed by atoms with E-state index in [1.54, 1.807) is 24.4 Å². The third kappa shape index (κ3) is 3.07. The summed E-state index contributed by atoms with van der Waals surface area (Å²) in [5, 5.41) is 9.20. The molecule has 0 amide bonds. The van der Waals surface area contributed by atoms with Crippen molar-refractivity contribution >= 4 is 31.9 Å². The Morgan fingerprint density at radius 2 is 2.06 bits per heavy atom. The standard InChI is InChI=1S/C12H8Br2FNO2/c13-8-3-7(6-17)12(16-5-8)18-9-1-2-10(14)11(15)4-9/h1-5,17H,6H2. The predicted molar refractivity (Wildman–Crippen MR) is 72.0 cm³/mol. The third-order valence-electron chi connectivity index (χ3n) is 2.17. The summed E-state index contributed by atoms with van der Waals surface area (Å²) in [6, 6.07) is 6.09. The number of benzene rings is 1. The first-order chi connectivity index (χ1) is 8.60. The highest BCUT2D eigenvalue weighted by molar-refractivity contribution is 9.10. The van der Waals surface area contributed by atoms with Crippen molar-refractivity contribution in [2.24, 2.45) is 0 Å². The molecule has 2 aromatic rings. The van der Waals surface area contributed by atoms with Crippen molar-refractivity contribution in [3.05, 3.63) is 50.8 Å². The number of aliphatic hydroxyl groups excluding tert-OH is 1. The van der Waals surface area contributed by atoms with Gasteiger partial charge in [-0.15, -0.1) is 0 Å². The number of ether oxygens (including phenoxy) is 1. The maximum atomic E-state index is 13.3. The Morgan fingerprint density at radius 1 is 1.28 bits per heavy atom. The molecule has 0 radical (unpaired) electrons. The van der Waals surface area contributed by atoms with Gasteiger partial charge in [-0.2, -0.15) is 0 Å². The lowest BCUT2D eigenvalue weighted by Gasteiger charge is -2.09. The molecule has 3 nitrogen and oxygen atoms in total. The van der Waals surface area contributed by atoms with Crippen molar-refractivity contribution in [1.82, 2.24) is 4.98 Å². The molecule has 94 valence electrons. The molecule has 0 saturated carbocycles. The van der Waals surface area contributed by atoms with Gasteiger partial charge in [0.1, 0.15) is 11.6 Å². The van der Waals surface area contributed by atoms with Crippen LogP contribution in [0.25, 0.3) is 0 Å². The minimum atomic E-state index is -0.421. The van der Waals surface area contributed by atoms with Crippen LogP contribution in [0, 0.1) is 5.82 Å². The highest BCUT2D eigenvalue weighted by Crippen LogP contribution is 2.28. The fourth-order valence-corrected chi connectivity index (χ4v) is 1.95. The van der Waals surface area contributed by atoms with E-state index in [0.717, 1.165) is 4.47 Å². The predicted octanol–water partition coefficient (Wildman–Crippen LogP) is 4.03. The summed E-state index contributed by atoms with van der Waals surface area (Å²) in [6.07, 6.45) is 1.55. The lowest BCUT2D eigenvalue weighted by atomic mass is 10.3. The van der Waals surface area contributed by atoms with Crippen LogP contribution >= 0.6 is 31.9 Å². The van der Waals surface area contributed by atoms with Crippen LogP contribution < -0.4 is 4.74 Å². The van der Waals surface area contributed by atoms with Crippen LogP contribution in [-0.4, -0.2) is 10.1 Å². The molecule has 0 saturated heterocycles. The van der Waals surface area contributed by atoms with Crippen LogP contribution in [0.15, 0.2) is 39.4 Å². The maximum Gasteiger partial charge on any atom is 0.224 e. The number of hydrogen-bond acceptors (Lipinski definition) is 3. The summed E-state index contributed by atoms with van der Waals surface area (Å²) in [6.45, 7) is -0.208. The average molecular weight is 377 g/mol. The number of hydrogen-bond donors (Lipinski definition) is 1. The molecule has 0 aliphatic carbocycles. The molecule has 0 fully saturated rings. The Kier molecular flexibility index (Phi) is 4.31. The molecule has 0 atom stereocenters. The van der Waals surface area contributed by atoms with Crippen LogP contribution in [0.3, 0.4) is 0 Å². The molecule has 0 unspecified atom stereocenters. The first-order valence-corrected chi connectivity index (χ1v) is 6.57. The average Bonchev–Trinajstić information content (AvgIpc) is 2.36. The molecule has 1 heterocycles. The van der Waals surface area contributed by atoms with E-state index in [-0.39, 0.29) is 12.5 Å². The van der Waals surface area contributed by atoms with Crippen LogP contribution in [0.1, 0.15) is 5.56 Å². The van der Waals surface area contributed by atoms with Crippen molar-refractivity contribution in [3.8, 4) is 11.6 Å². The summed E-state index contributed by atoms with van der Waals surface area (Å²) in [4.78, 5) is 4.03. The number of pyridine rings is 1. The number of nitrogens with zero attached hydrogens (tertiary/aromatic N) is 1. The van der Waals surface area contributed by atoms with E-state index in [1.807, 2.05) is 0 Å². The quantitative estimate of drug-likeness (QED) is 0.879. The molecule has 0 spiro atoms. The summed E-state index contributed by atoms with van der Waals surface area (Å²) >= 11 is 6.31. The molecule has 1 N–H and O–H groups in total. The minimum Gasteiger partial charge on any atom is -0.439 e. The number of rotatable bonds is 3. The molecule has 2 rings (SSSR count). The van der Waals surface area contributed by atoms with E-state index < -0.39 is 5.82 Å². The van der Waals surface area contributed by atoms with Gasteiger partial charge in [0.2, 0.25) is 5.88 Å². The fourth-order valence-electron chi connectivity index (χ4n) is 1.33. The normalized spacial score (nSPS) is 10.4. The molecule has 1 aromatic heterocycles. The summed E-state index contributed by atoms with van der Waals surface area (Å²) in [5.41, 5.74) is 0.521. The monoisotopic (exact) mass is 375 g/mol. The summed E-state index contributed by atoms with van der Waals surface area (Å²) in [5.74, 6) is 0.151. The van der Waals surface area contributed by atoms with Crippen LogP contribution in [0.2, 0.25) is 0 Å². The van der Waals surface area contributed by atoms with Gasteiger partial charge in [-0.1, -0.05) is 0 Å². The molecule has 1 aromatic carbocycles. The van der Waals surface area contributed by atoms with Crippen molar-refractivity contribution in [3.63, 3.8) is 0 Å². The van der Waals surface area contributed by atoms with Crippen molar-refractivity contribution in [2.75, 3.05) is 0 Å². The molecule has 18 heavy (non-hydrogen) atoms. The van der Waals surface area contributed by atoms with Crippen molar-refractivity contribution < 1.29 is 14.2 Å². The largest absolute Gasteiger partial charge is 0.439 e. The Balaban J connectivity index is 2.30. The molecule has 6 heteroatoms. The van der Waals surface area contributed by atoms with Gasteiger partial charge in [-0.05, 0) is 50.1 Å². The van der Waals surface area contributed by atoms with E-state index >= 15 is 0 Å². The van der Waals surface area contributed by atoms with E-state index in [1.165, 1.54) is 6.07 Å². The van der Waals surface area contributed by atoms with E-state index in [2.05, 4.69) is 36.8 Å². The van der Waals surface area contributed by atoms with Crippen molar-refractivity contribution in [1.29, 1.82) is 0 Å². The number of aliphatic hydroxyl groups is 1.